The van der Waals surface area contributed by atoms with Crippen molar-refractivity contribution < 1.29 is 14.7 Å². The molecule has 1 heterocycles. The van der Waals surface area contributed by atoms with Gasteiger partial charge in [-0.15, -0.1) is 0 Å². The molecule has 0 aliphatic heterocycles. The van der Waals surface area contributed by atoms with Crippen LogP contribution in [0.5, 0.6) is 0 Å². The predicted molar refractivity (Wildman–Crippen MR) is 62.4 cm³/mol. The zero-order valence-corrected chi connectivity index (χ0v) is 9.93. The number of aromatic nitrogens is 1. The van der Waals surface area contributed by atoms with Gasteiger partial charge in [-0.2, -0.15) is 0 Å². The summed E-state index contributed by atoms with van der Waals surface area (Å²) in [5.41, 5.74) is -0.451. The van der Waals surface area contributed by atoms with Crippen LogP contribution < -0.4 is 5.32 Å². The predicted octanol–water partition coefficient (Wildman–Crippen LogP) is 0.994. The van der Waals surface area contributed by atoms with E-state index < -0.39 is 11.5 Å². The number of pyridine rings is 1. The van der Waals surface area contributed by atoms with Crippen molar-refractivity contribution in [3.8, 4) is 0 Å². The summed E-state index contributed by atoms with van der Waals surface area (Å²) < 4.78 is 0. The number of carboxylic acids is 1. The van der Waals surface area contributed by atoms with Crippen molar-refractivity contribution in [2.75, 3.05) is 0 Å². The number of hydrogen-bond donors (Lipinski definition) is 2. The first-order valence-electron chi connectivity index (χ1n) is 5.41. The Kier molecular flexibility index (Phi) is 4.20. The number of aliphatic carboxylic acids is 1. The fourth-order valence-electron chi connectivity index (χ4n) is 1.33. The average molecular weight is 236 g/mol. The number of nitrogens with zero attached hydrogens (tertiary/aromatic N) is 1. The van der Waals surface area contributed by atoms with Gasteiger partial charge in [0.15, 0.2) is 0 Å². The molecule has 0 saturated heterocycles. The third-order valence-corrected chi connectivity index (χ3v) is 2.68. The van der Waals surface area contributed by atoms with Crippen LogP contribution in [0.1, 0.15) is 25.8 Å². The van der Waals surface area contributed by atoms with E-state index >= 15 is 0 Å². The Morgan fingerprint density at radius 3 is 2.71 bits per heavy atom. The van der Waals surface area contributed by atoms with E-state index in [0.717, 1.165) is 5.56 Å². The van der Waals surface area contributed by atoms with Crippen LogP contribution in [0.2, 0.25) is 0 Å². The van der Waals surface area contributed by atoms with Crippen molar-refractivity contribution in [2.45, 2.75) is 32.2 Å². The molecule has 0 radical (unpaired) electrons. The zero-order valence-electron chi connectivity index (χ0n) is 9.93. The molecule has 92 valence electrons. The van der Waals surface area contributed by atoms with E-state index in [1.807, 2.05) is 0 Å². The van der Waals surface area contributed by atoms with E-state index in [9.17, 15) is 9.59 Å². The van der Waals surface area contributed by atoms with Crippen LogP contribution in [-0.4, -0.2) is 27.5 Å². The van der Waals surface area contributed by atoms with E-state index in [1.165, 1.54) is 6.92 Å². The molecule has 0 aromatic carbocycles. The zero-order chi connectivity index (χ0) is 12.9. The standard InChI is InChI=1S/C12H16N2O3/c1-3-12(2,11(16)17)14-10(15)7-9-5-4-6-13-8-9/h4-6,8H,3,7H2,1-2H3,(H,14,15)(H,16,17). The molecule has 1 unspecified atom stereocenters. The van der Waals surface area contributed by atoms with Crippen LogP contribution in [0, 0.1) is 0 Å². The monoisotopic (exact) mass is 236 g/mol. The number of hydrogen-bond acceptors (Lipinski definition) is 3. The van der Waals surface area contributed by atoms with Crippen LogP contribution in [0.25, 0.3) is 0 Å². The molecule has 0 fully saturated rings. The Bertz CT molecular complexity index is 405. The van der Waals surface area contributed by atoms with Crippen LogP contribution in [0.3, 0.4) is 0 Å². The van der Waals surface area contributed by atoms with E-state index in [4.69, 9.17) is 5.11 Å². The Hall–Kier alpha value is -1.91. The summed E-state index contributed by atoms with van der Waals surface area (Å²) >= 11 is 0. The molecule has 0 bridgehead atoms. The van der Waals surface area contributed by atoms with Gasteiger partial charge in [-0.1, -0.05) is 13.0 Å². The summed E-state index contributed by atoms with van der Waals surface area (Å²) in [7, 11) is 0. The molecular weight excluding hydrogens is 220 g/mol. The van der Waals surface area contributed by atoms with Crippen molar-refractivity contribution >= 4 is 11.9 Å². The molecule has 2 N–H and O–H groups in total. The minimum atomic E-state index is -1.21. The number of rotatable bonds is 5. The van der Waals surface area contributed by atoms with Gasteiger partial charge in [-0.25, -0.2) is 4.79 Å². The first kappa shape index (κ1) is 13.2. The maximum absolute atomic E-state index is 11.7. The van der Waals surface area contributed by atoms with Gasteiger partial charge in [-0.05, 0) is 25.0 Å². The SMILES string of the molecule is CCC(C)(NC(=O)Cc1cccnc1)C(=O)O. The minimum absolute atomic E-state index is 0.136. The van der Waals surface area contributed by atoms with E-state index in [2.05, 4.69) is 10.3 Å². The van der Waals surface area contributed by atoms with Gasteiger partial charge in [0.25, 0.3) is 0 Å². The van der Waals surface area contributed by atoms with Crippen molar-refractivity contribution in [3.05, 3.63) is 30.1 Å². The van der Waals surface area contributed by atoms with Gasteiger partial charge >= 0.3 is 5.97 Å². The highest BCUT2D eigenvalue weighted by Gasteiger charge is 2.32. The molecule has 5 nitrogen and oxygen atoms in total. The normalized spacial score (nSPS) is 13.8. The second-order valence-corrected chi connectivity index (χ2v) is 4.08. The lowest BCUT2D eigenvalue weighted by Gasteiger charge is -2.24. The van der Waals surface area contributed by atoms with E-state index in [0.29, 0.717) is 6.42 Å². The van der Waals surface area contributed by atoms with Crippen LogP contribution in [-0.2, 0) is 16.0 Å². The lowest BCUT2D eigenvalue weighted by molar-refractivity contribution is -0.146. The third-order valence-electron chi connectivity index (χ3n) is 2.68. The molecule has 1 rings (SSSR count). The van der Waals surface area contributed by atoms with Crippen molar-refractivity contribution in [2.24, 2.45) is 0 Å². The first-order valence-corrected chi connectivity index (χ1v) is 5.41. The quantitative estimate of drug-likeness (QED) is 0.799. The van der Waals surface area contributed by atoms with Gasteiger partial charge in [0.2, 0.25) is 5.91 Å². The van der Waals surface area contributed by atoms with Gasteiger partial charge in [-0.3, -0.25) is 9.78 Å². The maximum atomic E-state index is 11.7. The van der Waals surface area contributed by atoms with Crippen molar-refractivity contribution in [1.82, 2.24) is 10.3 Å². The van der Waals surface area contributed by atoms with Crippen LogP contribution in [0.15, 0.2) is 24.5 Å². The number of carbonyl (C=O) groups excluding carboxylic acids is 1. The van der Waals surface area contributed by atoms with Crippen LogP contribution in [0.4, 0.5) is 0 Å². The highest BCUT2D eigenvalue weighted by molar-refractivity contribution is 5.87. The Morgan fingerprint density at radius 1 is 1.53 bits per heavy atom. The summed E-state index contributed by atoms with van der Waals surface area (Å²) in [5, 5.41) is 11.5. The summed E-state index contributed by atoms with van der Waals surface area (Å²) in [5.74, 6) is -1.34. The lowest BCUT2D eigenvalue weighted by atomic mass is 9.99. The number of amides is 1. The molecule has 5 heteroatoms. The minimum Gasteiger partial charge on any atom is -0.480 e. The molecule has 1 aromatic heterocycles. The summed E-state index contributed by atoms with van der Waals surface area (Å²) in [6.45, 7) is 3.22. The Labute approximate surface area is 99.9 Å². The largest absolute Gasteiger partial charge is 0.480 e. The number of carboxylic acid groups (broad SMARTS) is 1. The molecule has 0 spiro atoms. The van der Waals surface area contributed by atoms with E-state index in [1.54, 1.807) is 31.5 Å². The number of nitrogens with one attached hydrogen (secondary N) is 1. The highest BCUT2D eigenvalue weighted by Crippen LogP contribution is 2.09. The summed E-state index contributed by atoms with van der Waals surface area (Å²) in [4.78, 5) is 26.6. The molecule has 0 saturated carbocycles. The fraction of sp³-hybridized carbons (Fsp3) is 0.417. The first-order chi connectivity index (χ1) is 7.98. The molecule has 1 aromatic rings. The van der Waals surface area contributed by atoms with Gasteiger partial charge in [0, 0.05) is 12.4 Å². The molecule has 17 heavy (non-hydrogen) atoms. The van der Waals surface area contributed by atoms with Gasteiger partial charge in [0.1, 0.15) is 5.54 Å². The number of carbonyl (C=O) groups is 2. The topological polar surface area (TPSA) is 79.3 Å². The Morgan fingerprint density at radius 2 is 2.24 bits per heavy atom. The van der Waals surface area contributed by atoms with Crippen LogP contribution >= 0.6 is 0 Å². The van der Waals surface area contributed by atoms with Gasteiger partial charge < -0.3 is 10.4 Å². The second kappa shape index (κ2) is 5.43. The van der Waals surface area contributed by atoms with E-state index in [-0.39, 0.29) is 12.3 Å². The fourth-order valence-corrected chi connectivity index (χ4v) is 1.33. The average Bonchev–Trinajstić information content (AvgIpc) is 2.29. The van der Waals surface area contributed by atoms with Crippen molar-refractivity contribution in [3.63, 3.8) is 0 Å². The van der Waals surface area contributed by atoms with Crippen molar-refractivity contribution in [1.29, 1.82) is 0 Å². The second-order valence-electron chi connectivity index (χ2n) is 4.08. The molecule has 0 aliphatic carbocycles. The summed E-state index contributed by atoms with van der Waals surface area (Å²) in [6.07, 6.45) is 3.68. The molecule has 1 atom stereocenters. The maximum Gasteiger partial charge on any atom is 0.329 e. The highest BCUT2D eigenvalue weighted by atomic mass is 16.4. The molecule has 1 amide bonds. The molecular formula is C12H16N2O3. The molecule has 0 aliphatic rings. The third kappa shape index (κ3) is 3.55. The Balaban J connectivity index is 2.64. The lowest BCUT2D eigenvalue weighted by Crippen LogP contribution is -2.52. The summed E-state index contributed by atoms with van der Waals surface area (Å²) in [6, 6.07) is 3.51. The smallest absolute Gasteiger partial charge is 0.329 e. The van der Waals surface area contributed by atoms with Gasteiger partial charge in [0.05, 0.1) is 6.42 Å².